The molecule has 2 aliphatic heterocycles. The minimum Gasteiger partial charge on any atom is -0.492 e. The number of nitrogens with one attached hydrogen (secondary N) is 1. The highest BCUT2D eigenvalue weighted by Gasteiger charge is 2.36. The van der Waals surface area contributed by atoms with E-state index in [2.05, 4.69) is 5.32 Å². The fraction of sp³-hybridized carbons (Fsp3) is 0.444. The topological polar surface area (TPSA) is 88.2 Å². The molecule has 0 aliphatic carbocycles. The molecule has 8 nitrogen and oxygen atoms in total. The quantitative estimate of drug-likeness (QED) is 0.660. The average Bonchev–Trinajstić information content (AvgIpc) is 3.24. The molecule has 0 spiro atoms. The van der Waals surface area contributed by atoms with E-state index in [1.54, 1.807) is 17.0 Å². The number of hydrogen-bond donors (Lipinski definition) is 1. The third-order valence-electron chi connectivity index (χ3n) is 6.33. The van der Waals surface area contributed by atoms with Crippen molar-refractivity contribution in [3.05, 3.63) is 59.7 Å². The van der Waals surface area contributed by atoms with E-state index in [1.807, 2.05) is 62.1 Å². The van der Waals surface area contributed by atoms with Crippen molar-refractivity contribution < 1.29 is 23.9 Å². The molecule has 3 atom stereocenters. The zero-order chi connectivity index (χ0) is 24.9. The van der Waals surface area contributed by atoms with Gasteiger partial charge in [-0.1, -0.05) is 24.3 Å². The van der Waals surface area contributed by atoms with Gasteiger partial charge < -0.3 is 24.6 Å². The first-order valence-corrected chi connectivity index (χ1v) is 12.2. The van der Waals surface area contributed by atoms with E-state index in [-0.39, 0.29) is 36.4 Å². The van der Waals surface area contributed by atoms with E-state index in [0.29, 0.717) is 49.8 Å². The molecule has 8 heteroatoms. The van der Waals surface area contributed by atoms with Gasteiger partial charge in [0.25, 0.3) is 5.91 Å². The van der Waals surface area contributed by atoms with Crippen LogP contribution in [-0.4, -0.2) is 61.1 Å². The van der Waals surface area contributed by atoms with E-state index >= 15 is 0 Å². The van der Waals surface area contributed by atoms with E-state index in [9.17, 15) is 14.4 Å². The highest BCUT2D eigenvalue weighted by atomic mass is 16.5. The van der Waals surface area contributed by atoms with Gasteiger partial charge in [0.15, 0.2) is 0 Å². The number of carbonyl (C=O) groups is 3. The first-order chi connectivity index (χ1) is 16.9. The molecule has 2 aromatic rings. The minimum absolute atomic E-state index is 0.0144. The van der Waals surface area contributed by atoms with Crippen molar-refractivity contribution in [1.29, 1.82) is 0 Å². The van der Waals surface area contributed by atoms with E-state index in [0.717, 1.165) is 5.56 Å². The minimum atomic E-state index is -0.427. The molecule has 0 radical (unpaired) electrons. The first-order valence-electron chi connectivity index (χ1n) is 12.2. The number of benzene rings is 2. The highest BCUT2D eigenvalue weighted by Crippen LogP contribution is 2.33. The second-order valence-corrected chi connectivity index (χ2v) is 9.19. The van der Waals surface area contributed by atoms with Crippen molar-refractivity contribution in [2.24, 2.45) is 5.92 Å². The Balaban J connectivity index is 1.32. The molecule has 2 aromatic carbocycles. The van der Waals surface area contributed by atoms with E-state index < -0.39 is 5.92 Å². The predicted molar refractivity (Wildman–Crippen MR) is 132 cm³/mol. The van der Waals surface area contributed by atoms with Crippen LogP contribution in [-0.2, 0) is 20.9 Å². The summed E-state index contributed by atoms with van der Waals surface area (Å²) < 4.78 is 11.4. The lowest BCUT2D eigenvalue weighted by molar-refractivity contribution is -0.126. The molecule has 0 aromatic heterocycles. The molecular formula is C27H33N3O5. The third-order valence-corrected chi connectivity index (χ3v) is 6.33. The van der Waals surface area contributed by atoms with Crippen LogP contribution in [0.4, 0.5) is 5.69 Å². The number of rotatable bonds is 7. The van der Waals surface area contributed by atoms with Gasteiger partial charge in [0.1, 0.15) is 5.75 Å². The number of ether oxygens (including phenoxy) is 2. The Morgan fingerprint density at radius 1 is 1.03 bits per heavy atom. The lowest BCUT2D eigenvalue weighted by Crippen LogP contribution is -2.48. The number of anilines is 1. The summed E-state index contributed by atoms with van der Waals surface area (Å²) in [6.45, 7) is 8.13. The number of nitrogens with zero attached hydrogens (tertiary/aromatic N) is 2. The van der Waals surface area contributed by atoms with Crippen molar-refractivity contribution in [3.63, 3.8) is 0 Å². The molecule has 2 aliphatic rings. The standard InChI is InChI=1S/C27H33N3O5/c1-4-34-24-8-6-5-7-23(24)30-17-22(13-25(30)31)26(32)28-14-20-9-11-21(12-10-20)27(33)29-15-18(2)35-19(3)16-29/h5-12,18-19,22H,4,13-17H2,1-3H3,(H,28,32). The van der Waals surface area contributed by atoms with Crippen LogP contribution in [0, 0.1) is 5.92 Å². The molecule has 3 unspecified atom stereocenters. The second kappa shape index (κ2) is 10.9. The third kappa shape index (κ3) is 5.82. The molecule has 0 saturated carbocycles. The maximum absolute atomic E-state index is 12.8. The molecule has 2 fully saturated rings. The van der Waals surface area contributed by atoms with Gasteiger partial charge in [0, 0.05) is 38.2 Å². The summed E-state index contributed by atoms with van der Waals surface area (Å²) in [6, 6.07) is 14.7. The fourth-order valence-electron chi connectivity index (χ4n) is 4.70. The summed E-state index contributed by atoms with van der Waals surface area (Å²) in [6.07, 6.45) is 0.197. The molecule has 1 N–H and O–H groups in total. The summed E-state index contributed by atoms with van der Waals surface area (Å²) in [5.41, 5.74) is 2.20. The lowest BCUT2D eigenvalue weighted by Gasteiger charge is -2.35. The molecule has 186 valence electrons. The summed E-state index contributed by atoms with van der Waals surface area (Å²) in [4.78, 5) is 41.7. The predicted octanol–water partition coefficient (Wildman–Crippen LogP) is 3.00. The maximum atomic E-state index is 12.8. The molecule has 3 amide bonds. The molecule has 2 heterocycles. The highest BCUT2D eigenvalue weighted by molar-refractivity contribution is 6.01. The largest absolute Gasteiger partial charge is 0.492 e. The summed E-state index contributed by atoms with van der Waals surface area (Å²) >= 11 is 0. The number of hydrogen-bond acceptors (Lipinski definition) is 5. The van der Waals surface area contributed by atoms with Gasteiger partial charge in [-0.15, -0.1) is 0 Å². The van der Waals surface area contributed by atoms with Crippen LogP contribution in [0.5, 0.6) is 5.75 Å². The van der Waals surface area contributed by atoms with E-state index in [4.69, 9.17) is 9.47 Å². The number of morpholine rings is 1. The Bertz CT molecular complexity index is 1060. The van der Waals surface area contributed by atoms with Gasteiger partial charge in [0.2, 0.25) is 11.8 Å². The maximum Gasteiger partial charge on any atom is 0.254 e. The summed E-state index contributed by atoms with van der Waals surface area (Å²) in [5, 5.41) is 2.94. The van der Waals surface area contributed by atoms with Crippen molar-refractivity contribution in [3.8, 4) is 5.75 Å². The van der Waals surface area contributed by atoms with Crippen LogP contribution in [0.3, 0.4) is 0 Å². The van der Waals surface area contributed by atoms with Crippen LogP contribution in [0.1, 0.15) is 43.1 Å². The van der Waals surface area contributed by atoms with Gasteiger partial charge in [-0.2, -0.15) is 0 Å². The van der Waals surface area contributed by atoms with Crippen molar-refractivity contribution in [2.45, 2.75) is 45.9 Å². The summed E-state index contributed by atoms with van der Waals surface area (Å²) in [7, 11) is 0. The molecule has 2 saturated heterocycles. The Kier molecular flexibility index (Phi) is 7.70. The molecular weight excluding hydrogens is 446 g/mol. The normalized spacial score (nSPS) is 22.3. The van der Waals surface area contributed by atoms with Gasteiger partial charge >= 0.3 is 0 Å². The smallest absolute Gasteiger partial charge is 0.254 e. The molecule has 4 rings (SSSR count). The van der Waals surface area contributed by atoms with E-state index in [1.165, 1.54) is 0 Å². The molecule has 35 heavy (non-hydrogen) atoms. The lowest BCUT2D eigenvalue weighted by atomic mass is 10.1. The SMILES string of the molecule is CCOc1ccccc1N1CC(C(=O)NCc2ccc(C(=O)N3CC(C)OC(C)C3)cc2)CC1=O. The Morgan fingerprint density at radius 2 is 1.71 bits per heavy atom. The van der Waals surface area contributed by atoms with Crippen molar-refractivity contribution >= 4 is 23.4 Å². The van der Waals surface area contributed by atoms with Crippen molar-refractivity contribution in [1.82, 2.24) is 10.2 Å². The van der Waals surface area contributed by atoms with Gasteiger partial charge in [0.05, 0.1) is 30.4 Å². The number of para-hydroxylation sites is 2. The van der Waals surface area contributed by atoms with Crippen LogP contribution in [0.25, 0.3) is 0 Å². The zero-order valence-corrected chi connectivity index (χ0v) is 20.5. The number of amides is 3. The first kappa shape index (κ1) is 24.7. The Morgan fingerprint density at radius 3 is 2.40 bits per heavy atom. The monoisotopic (exact) mass is 479 g/mol. The Labute approximate surface area is 206 Å². The molecule has 0 bridgehead atoms. The number of carbonyl (C=O) groups excluding carboxylic acids is 3. The van der Waals surface area contributed by atoms with Crippen LogP contribution in [0.15, 0.2) is 48.5 Å². The van der Waals surface area contributed by atoms with Crippen molar-refractivity contribution in [2.75, 3.05) is 31.1 Å². The van der Waals surface area contributed by atoms with Crippen LogP contribution >= 0.6 is 0 Å². The van der Waals surface area contributed by atoms with Gasteiger partial charge in [-0.3, -0.25) is 14.4 Å². The fourth-order valence-corrected chi connectivity index (χ4v) is 4.70. The van der Waals surface area contributed by atoms with Gasteiger partial charge in [-0.05, 0) is 50.6 Å². The van der Waals surface area contributed by atoms with Crippen LogP contribution in [0.2, 0.25) is 0 Å². The zero-order valence-electron chi connectivity index (χ0n) is 20.5. The Hall–Kier alpha value is -3.39. The average molecular weight is 480 g/mol. The van der Waals surface area contributed by atoms with Crippen LogP contribution < -0.4 is 15.0 Å². The van der Waals surface area contributed by atoms with Gasteiger partial charge in [-0.25, -0.2) is 0 Å². The second-order valence-electron chi connectivity index (χ2n) is 9.19. The summed E-state index contributed by atoms with van der Waals surface area (Å²) in [5.74, 6) is -0.0547.